The van der Waals surface area contributed by atoms with Crippen molar-refractivity contribution in [1.82, 2.24) is 0 Å². The van der Waals surface area contributed by atoms with Gasteiger partial charge in [0.25, 0.3) is 0 Å². The average Bonchev–Trinajstić information content (AvgIpc) is 3.82. The normalized spacial score (nSPS) is 10.8. The standard InChI is InChI=1S/2C23H20P.2ClH.Zr/c2*1-17-13-14-18(2)23-16-21(15-22(17)23)24(19-9-5-3-6-10-19)20-11-7-4-8-12-20;;;/h2*3-16H,1-2H3;2*1H;/q2*-1;;;+4/p-2. The fraction of sp³-hybridized carbons (Fsp3) is 0.0870. The van der Waals surface area contributed by atoms with Crippen molar-refractivity contribution in [2.24, 2.45) is 0 Å². The van der Waals surface area contributed by atoms with Crippen LogP contribution < -0.4 is 31.8 Å². The minimum atomic E-state index is -0.826. The van der Waals surface area contributed by atoms with Crippen LogP contribution in [0.15, 0.2) is 170 Å². The van der Waals surface area contributed by atoms with E-state index >= 15 is 0 Å². The van der Waals surface area contributed by atoms with Crippen LogP contribution in [0.3, 0.4) is 0 Å². The Kier molecular flexibility index (Phi) is 13.3. The van der Waals surface area contributed by atoms with Gasteiger partial charge in [-0.1, -0.05) is 158 Å². The molecule has 8 aromatic rings. The minimum absolute atomic E-state index is 0.518. The second-order valence-electron chi connectivity index (χ2n) is 12.6. The Morgan fingerprint density at radius 2 is 0.647 bits per heavy atom. The molecule has 0 unspecified atom stereocenters. The summed E-state index contributed by atoms with van der Waals surface area (Å²) in [5.74, 6) is 0. The van der Waals surface area contributed by atoms with Gasteiger partial charge in [-0.2, -0.15) is 12.1 Å². The van der Waals surface area contributed by atoms with E-state index in [2.05, 4.69) is 198 Å². The molecule has 51 heavy (non-hydrogen) atoms. The molecule has 0 aromatic heterocycles. The van der Waals surface area contributed by atoms with E-state index in [0.717, 1.165) is 0 Å². The zero-order valence-corrected chi connectivity index (χ0v) is 35.1. The van der Waals surface area contributed by atoms with Gasteiger partial charge in [0, 0.05) is 0 Å². The third kappa shape index (κ3) is 8.91. The van der Waals surface area contributed by atoms with Crippen LogP contribution in [0.2, 0.25) is 0 Å². The van der Waals surface area contributed by atoms with Gasteiger partial charge in [0.1, 0.15) is 0 Å². The van der Waals surface area contributed by atoms with Crippen LogP contribution in [-0.4, -0.2) is 0 Å². The molecular formula is C46H40Cl2P2Zr. The summed E-state index contributed by atoms with van der Waals surface area (Å²) in [6.45, 7) is 8.83. The van der Waals surface area contributed by atoms with Gasteiger partial charge in [-0.3, -0.25) is 0 Å². The monoisotopic (exact) mass is 814 g/mol. The second-order valence-corrected chi connectivity index (χ2v) is 20.7. The van der Waals surface area contributed by atoms with Gasteiger partial charge in [0.2, 0.25) is 0 Å². The fourth-order valence-corrected chi connectivity index (χ4v) is 11.3. The third-order valence-electron chi connectivity index (χ3n) is 9.19. The summed E-state index contributed by atoms with van der Waals surface area (Å²) in [7, 11) is 8.83. The third-order valence-corrected chi connectivity index (χ3v) is 14.0. The molecule has 5 heteroatoms. The first-order chi connectivity index (χ1) is 24.9. The molecule has 0 heterocycles. The summed E-state index contributed by atoms with van der Waals surface area (Å²) >= 11 is -0.826. The van der Waals surface area contributed by atoms with Crippen LogP contribution in [0.25, 0.3) is 21.5 Å². The van der Waals surface area contributed by atoms with Crippen LogP contribution in [0.4, 0.5) is 0 Å². The average molecular weight is 817 g/mol. The Morgan fingerprint density at radius 1 is 0.392 bits per heavy atom. The van der Waals surface area contributed by atoms with Gasteiger partial charge in [0.05, 0.1) is 0 Å². The predicted molar refractivity (Wildman–Crippen MR) is 227 cm³/mol. The van der Waals surface area contributed by atoms with Gasteiger partial charge < -0.3 is 0 Å². The number of benzene rings is 6. The van der Waals surface area contributed by atoms with E-state index in [1.54, 1.807) is 0 Å². The van der Waals surface area contributed by atoms with E-state index in [-0.39, 0.29) is 0 Å². The van der Waals surface area contributed by atoms with E-state index in [4.69, 9.17) is 17.0 Å². The Bertz CT molecular complexity index is 1970. The van der Waals surface area contributed by atoms with Crippen molar-refractivity contribution in [2.75, 3.05) is 0 Å². The number of hydrogen-bond acceptors (Lipinski definition) is 0. The quantitative estimate of drug-likeness (QED) is 0.116. The van der Waals surface area contributed by atoms with Gasteiger partial charge in [-0.25, -0.2) is 0 Å². The molecule has 0 amide bonds. The second kappa shape index (κ2) is 18.1. The van der Waals surface area contributed by atoms with Gasteiger partial charge in [0.15, 0.2) is 0 Å². The topological polar surface area (TPSA) is 0 Å². The molecular weight excluding hydrogens is 777 g/mol. The molecule has 8 rings (SSSR count). The first-order valence-corrected chi connectivity index (χ1v) is 26.0. The van der Waals surface area contributed by atoms with E-state index < -0.39 is 36.7 Å². The molecule has 0 fully saturated rings. The zero-order valence-electron chi connectivity index (χ0n) is 29.3. The van der Waals surface area contributed by atoms with E-state index in [1.807, 2.05) is 0 Å². The van der Waals surface area contributed by atoms with Crippen molar-refractivity contribution in [3.8, 4) is 0 Å². The van der Waals surface area contributed by atoms with Crippen LogP contribution >= 0.6 is 32.9 Å². The maximum absolute atomic E-state index is 4.93. The Balaban J connectivity index is 0.000000163. The Labute approximate surface area is 324 Å². The Hall–Kier alpha value is -3.14. The van der Waals surface area contributed by atoms with Crippen molar-refractivity contribution in [2.45, 2.75) is 27.7 Å². The predicted octanol–water partition coefficient (Wildman–Crippen LogP) is 11.2. The molecule has 0 saturated carbocycles. The molecule has 252 valence electrons. The van der Waals surface area contributed by atoms with Gasteiger partial charge in [-0.05, 0) is 50.9 Å². The molecule has 0 aliphatic rings. The number of hydrogen-bond donors (Lipinski definition) is 0. The molecule has 0 saturated heterocycles. The fourth-order valence-electron chi connectivity index (χ4n) is 6.61. The molecule has 8 aromatic carbocycles. The summed E-state index contributed by atoms with van der Waals surface area (Å²) in [6.07, 6.45) is 0. The van der Waals surface area contributed by atoms with Crippen LogP contribution in [-0.2, 0) is 20.8 Å². The van der Waals surface area contributed by atoms with Gasteiger partial charge >= 0.3 is 37.9 Å². The summed E-state index contributed by atoms with van der Waals surface area (Å²) < 4.78 is 0. The number of halogens is 2. The number of rotatable bonds is 6. The summed E-state index contributed by atoms with van der Waals surface area (Å²) in [4.78, 5) is 0. The van der Waals surface area contributed by atoms with E-state index in [1.165, 1.54) is 75.6 Å². The first-order valence-electron chi connectivity index (χ1n) is 17.0. The van der Waals surface area contributed by atoms with Crippen LogP contribution in [0.5, 0.6) is 0 Å². The van der Waals surface area contributed by atoms with Crippen molar-refractivity contribution in [3.63, 3.8) is 0 Å². The molecule has 0 spiro atoms. The Morgan fingerprint density at radius 3 is 0.902 bits per heavy atom. The molecule has 0 aliphatic carbocycles. The zero-order chi connectivity index (χ0) is 35.7. The maximum atomic E-state index is 4.93. The van der Waals surface area contributed by atoms with Crippen LogP contribution in [0.1, 0.15) is 22.3 Å². The summed E-state index contributed by atoms with van der Waals surface area (Å²) in [5, 5.41) is 14.1. The van der Waals surface area contributed by atoms with Crippen molar-refractivity contribution < 1.29 is 20.8 Å². The molecule has 0 aliphatic heterocycles. The van der Waals surface area contributed by atoms with Gasteiger partial charge in [-0.15, -0.1) is 67.5 Å². The van der Waals surface area contributed by atoms with E-state index in [9.17, 15) is 0 Å². The SMILES string of the molecule is Cc1ccc(C)c2[cH-]c(P(c3ccccc3)c3ccccc3)cc12.Cc1ccc(C)c2[cH-]c(P(c3ccccc3)c3ccccc3)cc12.[Cl][Zr+2][Cl]. The molecule has 0 N–H and O–H groups in total. The van der Waals surface area contributed by atoms with Crippen molar-refractivity contribution in [3.05, 3.63) is 192 Å². The molecule has 0 bridgehead atoms. The molecule has 0 atom stereocenters. The number of fused-ring (bicyclic) bond motifs is 2. The van der Waals surface area contributed by atoms with E-state index in [0.29, 0.717) is 0 Å². The first kappa shape index (κ1) is 37.6. The van der Waals surface area contributed by atoms with Crippen molar-refractivity contribution >= 4 is 86.2 Å². The summed E-state index contributed by atoms with van der Waals surface area (Å²) in [6, 6.07) is 62.2. The summed E-state index contributed by atoms with van der Waals surface area (Å²) in [5.41, 5.74) is 5.44. The van der Waals surface area contributed by atoms with Crippen molar-refractivity contribution in [1.29, 1.82) is 0 Å². The molecule has 0 radical (unpaired) electrons. The van der Waals surface area contributed by atoms with Crippen LogP contribution in [0, 0.1) is 27.7 Å². The molecule has 0 nitrogen and oxygen atoms in total. The number of aryl methyl sites for hydroxylation is 4.